The molecule has 1 heterocycles. The van der Waals surface area contributed by atoms with Crippen LogP contribution in [-0.4, -0.2) is 39.2 Å². The Morgan fingerprint density at radius 1 is 1.48 bits per heavy atom. The van der Waals surface area contributed by atoms with Crippen molar-refractivity contribution < 1.29 is 19.4 Å². The molecule has 118 valence electrons. The molecule has 0 spiro atoms. The molecule has 1 atom stereocenters. The minimum atomic E-state index is -1.08. The van der Waals surface area contributed by atoms with Gasteiger partial charge in [0, 0.05) is 6.54 Å². The predicted molar refractivity (Wildman–Crippen MR) is 80.5 cm³/mol. The maximum Gasteiger partial charge on any atom is 0.411 e. The number of nitrogens with zero attached hydrogens (tertiary/aromatic N) is 2. The number of carbonyl (C=O) groups is 2. The first-order valence-corrected chi connectivity index (χ1v) is 7.67. The standard InChI is InChI=1S/C14H22N2O4S/c1-6-7-16(13(19)20-14(3,4)5)10(12(17)18)11-9(2)15-8-21-11/h8,10H,6-7H2,1-5H3,(H,17,18). The third kappa shape index (κ3) is 4.70. The number of carboxylic acid groups (broad SMARTS) is 1. The molecule has 1 N–H and O–H groups in total. The summed E-state index contributed by atoms with van der Waals surface area (Å²) in [5, 5.41) is 9.54. The lowest BCUT2D eigenvalue weighted by atomic mass is 10.1. The molecular weight excluding hydrogens is 292 g/mol. The van der Waals surface area contributed by atoms with E-state index in [1.54, 1.807) is 33.2 Å². The Kier molecular flexibility index (Phi) is 5.71. The Bertz CT molecular complexity index is 507. The van der Waals surface area contributed by atoms with Gasteiger partial charge in [-0.3, -0.25) is 4.90 Å². The van der Waals surface area contributed by atoms with Gasteiger partial charge < -0.3 is 9.84 Å². The zero-order chi connectivity index (χ0) is 16.2. The maximum absolute atomic E-state index is 12.3. The molecule has 1 rings (SSSR count). The van der Waals surface area contributed by atoms with Crippen LogP contribution in [0.3, 0.4) is 0 Å². The van der Waals surface area contributed by atoms with Gasteiger partial charge in [-0.2, -0.15) is 0 Å². The van der Waals surface area contributed by atoms with Crippen molar-refractivity contribution in [3.8, 4) is 0 Å². The van der Waals surface area contributed by atoms with Crippen molar-refractivity contribution in [3.05, 3.63) is 16.1 Å². The molecule has 0 saturated carbocycles. The lowest BCUT2D eigenvalue weighted by Crippen LogP contribution is -2.42. The molecule has 1 aromatic rings. The van der Waals surface area contributed by atoms with Crippen molar-refractivity contribution in [2.24, 2.45) is 0 Å². The number of carbonyl (C=O) groups excluding carboxylic acids is 1. The third-order valence-corrected chi connectivity index (χ3v) is 3.65. The number of aliphatic carboxylic acids is 1. The van der Waals surface area contributed by atoms with E-state index in [-0.39, 0.29) is 0 Å². The number of carboxylic acids is 1. The Morgan fingerprint density at radius 3 is 2.48 bits per heavy atom. The largest absolute Gasteiger partial charge is 0.479 e. The highest BCUT2D eigenvalue weighted by Crippen LogP contribution is 2.29. The molecule has 0 bridgehead atoms. The molecule has 21 heavy (non-hydrogen) atoms. The molecule has 0 fully saturated rings. The summed E-state index contributed by atoms with van der Waals surface area (Å²) < 4.78 is 5.33. The second-order valence-electron chi connectivity index (χ2n) is 5.72. The van der Waals surface area contributed by atoms with Crippen LogP contribution in [0, 0.1) is 6.92 Å². The molecule has 6 nitrogen and oxygen atoms in total. The third-order valence-electron chi connectivity index (χ3n) is 2.67. The van der Waals surface area contributed by atoms with Crippen LogP contribution in [0.25, 0.3) is 0 Å². The average Bonchev–Trinajstić information content (AvgIpc) is 2.72. The van der Waals surface area contributed by atoms with Gasteiger partial charge in [-0.1, -0.05) is 6.92 Å². The van der Waals surface area contributed by atoms with Crippen molar-refractivity contribution in [1.82, 2.24) is 9.88 Å². The van der Waals surface area contributed by atoms with E-state index in [0.29, 0.717) is 23.5 Å². The monoisotopic (exact) mass is 314 g/mol. The quantitative estimate of drug-likeness (QED) is 0.902. The zero-order valence-corrected chi connectivity index (χ0v) is 13.9. The molecule has 0 radical (unpaired) electrons. The van der Waals surface area contributed by atoms with E-state index in [0.717, 1.165) is 0 Å². The molecule has 0 aliphatic rings. The highest BCUT2D eigenvalue weighted by Gasteiger charge is 2.35. The van der Waals surface area contributed by atoms with Gasteiger partial charge in [0.25, 0.3) is 0 Å². The highest BCUT2D eigenvalue weighted by molar-refractivity contribution is 7.10. The molecule has 1 amide bonds. The van der Waals surface area contributed by atoms with Gasteiger partial charge in [-0.05, 0) is 34.1 Å². The fourth-order valence-corrected chi connectivity index (χ4v) is 2.75. The highest BCUT2D eigenvalue weighted by atomic mass is 32.1. The summed E-state index contributed by atoms with van der Waals surface area (Å²) in [5.74, 6) is -1.08. The van der Waals surface area contributed by atoms with Crippen LogP contribution in [0.2, 0.25) is 0 Å². The number of ether oxygens (including phenoxy) is 1. The van der Waals surface area contributed by atoms with Crippen LogP contribution in [-0.2, 0) is 9.53 Å². The molecule has 0 aliphatic heterocycles. The normalized spacial score (nSPS) is 12.8. The van der Waals surface area contributed by atoms with Gasteiger partial charge in [0.1, 0.15) is 5.60 Å². The van der Waals surface area contributed by atoms with Crippen LogP contribution < -0.4 is 0 Å². The zero-order valence-electron chi connectivity index (χ0n) is 13.0. The van der Waals surface area contributed by atoms with E-state index in [9.17, 15) is 14.7 Å². The van der Waals surface area contributed by atoms with Gasteiger partial charge in [-0.25, -0.2) is 14.6 Å². The minimum absolute atomic E-state index is 0.309. The lowest BCUT2D eigenvalue weighted by Gasteiger charge is -2.31. The Morgan fingerprint density at radius 2 is 2.10 bits per heavy atom. The van der Waals surface area contributed by atoms with Crippen molar-refractivity contribution in [3.63, 3.8) is 0 Å². The van der Waals surface area contributed by atoms with Crippen molar-refractivity contribution >= 4 is 23.4 Å². The van der Waals surface area contributed by atoms with Crippen molar-refractivity contribution in [2.45, 2.75) is 52.7 Å². The summed E-state index contributed by atoms with van der Waals surface area (Å²) in [6.07, 6.45) is 0.0190. The first-order chi connectivity index (χ1) is 9.67. The van der Waals surface area contributed by atoms with E-state index in [1.165, 1.54) is 16.2 Å². The minimum Gasteiger partial charge on any atom is -0.479 e. The van der Waals surface area contributed by atoms with Crippen LogP contribution in [0.15, 0.2) is 5.51 Å². The fraction of sp³-hybridized carbons (Fsp3) is 0.643. The number of rotatable bonds is 5. The van der Waals surface area contributed by atoms with E-state index < -0.39 is 23.7 Å². The molecule has 7 heteroatoms. The Hall–Kier alpha value is -1.63. The van der Waals surface area contributed by atoms with E-state index in [4.69, 9.17) is 4.74 Å². The summed E-state index contributed by atoms with van der Waals surface area (Å²) in [6.45, 7) is 9.19. The lowest BCUT2D eigenvalue weighted by molar-refractivity contribution is -0.143. The smallest absolute Gasteiger partial charge is 0.411 e. The first-order valence-electron chi connectivity index (χ1n) is 6.79. The molecule has 0 saturated heterocycles. The van der Waals surface area contributed by atoms with Crippen LogP contribution in [0.4, 0.5) is 4.79 Å². The summed E-state index contributed by atoms with van der Waals surface area (Å²) in [7, 11) is 0. The number of amides is 1. The number of aromatic nitrogens is 1. The molecule has 1 unspecified atom stereocenters. The average molecular weight is 314 g/mol. The number of aryl methyl sites for hydroxylation is 1. The topological polar surface area (TPSA) is 79.7 Å². The van der Waals surface area contributed by atoms with Gasteiger partial charge in [0.05, 0.1) is 16.1 Å². The molecule has 0 aliphatic carbocycles. The second-order valence-corrected chi connectivity index (χ2v) is 6.60. The number of hydrogen-bond acceptors (Lipinski definition) is 5. The van der Waals surface area contributed by atoms with Gasteiger partial charge in [0.2, 0.25) is 0 Å². The second kappa shape index (κ2) is 6.89. The van der Waals surface area contributed by atoms with Gasteiger partial charge in [-0.15, -0.1) is 11.3 Å². The van der Waals surface area contributed by atoms with Gasteiger partial charge in [0.15, 0.2) is 6.04 Å². The SMILES string of the molecule is CCCN(C(=O)OC(C)(C)C)C(C(=O)O)c1scnc1C. The summed E-state index contributed by atoms with van der Waals surface area (Å²) in [5.41, 5.74) is 1.53. The Balaban J connectivity index is 3.13. The fourth-order valence-electron chi connectivity index (χ4n) is 1.85. The first kappa shape index (κ1) is 17.4. The van der Waals surface area contributed by atoms with E-state index in [1.807, 2.05) is 6.92 Å². The summed E-state index contributed by atoms with van der Waals surface area (Å²) in [6, 6.07) is -1.06. The predicted octanol–water partition coefficient (Wildman–Crippen LogP) is 3.22. The number of thiazole rings is 1. The summed E-state index contributed by atoms with van der Waals surface area (Å²) >= 11 is 1.23. The summed E-state index contributed by atoms with van der Waals surface area (Å²) in [4.78, 5) is 29.9. The molecule has 0 aromatic carbocycles. The van der Waals surface area contributed by atoms with Crippen LogP contribution in [0.1, 0.15) is 50.7 Å². The van der Waals surface area contributed by atoms with E-state index in [2.05, 4.69) is 4.98 Å². The number of hydrogen-bond donors (Lipinski definition) is 1. The van der Waals surface area contributed by atoms with Crippen molar-refractivity contribution in [1.29, 1.82) is 0 Å². The van der Waals surface area contributed by atoms with Crippen molar-refractivity contribution in [2.75, 3.05) is 6.54 Å². The van der Waals surface area contributed by atoms with Gasteiger partial charge >= 0.3 is 12.1 Å². The Labute approximate surface area is 128 Å². The van der Waals surface area contributed by atoms with E-state index >= 15 is 0 Å². The van der Waals surface area contributed by atoms with Crippen LogP contribution >= 0.6 is 11.3 Å². The molecule has 1 aromatic heterocycles. The molecular formula is C14H22N2O4S. The maximum atomic E-state index is 12.3. The van der Waals surface area contributed by atoms with Crippen LogP contribution in [0.5, 0.6) is 0 Å².